The van der Waals surface area contributed by atoms with Crippen molar-refractivity contribution in [2.45, 2.75) is 6.42 Å². The third kappa shape index (κ3) is 4.19. The Morgan fingerprint density at radius 1 is 1.59 bits per heavy atom. The molecule has 1 rings (SSSR count). The molecule has 0 aliphatic heterocycles. The summed E-state index contributed by atoms with van der Waals surface area (Å²) in [5.41, 5.74) is 0.0251. The molecule has 0 heterocycles. The van der Waals surface area contributed by atoms with Gasteiger partial charge in [0.05, 0.1) is 18.4 Å². The molecule has 0 aliphatic carbocycles. The molecular weight excluding hydrogens is 289 g/mol. The molecule has 0 radical (unpaired) electrons. The van der Waals surface area contributed by atoms with Crippen molar-refractivity contribution in [3.8, 4) is 0 Å². The molecule has 0 bridgehead atoms. The number of benzene rings is 1. The summed E-state index contributed by atoms with van der Waals surface area (Å²) >= 11 is 3.14. The summed E-state index contributed by atoms with van der Waals surface area (Å²) < 4.78 is 18.7. The Balaban J connectivity index is 2.50. The van der Waals surface area contributed by atoms with E-state index >= 15 is 0 Å². The number of amides is 1. The molecule has 0 atom stereocenters. The van der Waals surface area contributed by atoms with Gasteiger partial charge in [0.15, 0.2) is 0 Å². The highest BCUT2D eigenvalue weighted by Gasteiger charge is 2.14. The van der Waals surface area contributed by atoms with Crippen LogP contribution in [0.3, 0.4) is 0 Å². The molecule has 1 N–H and O–H groups in total. The van der Waals surface area contributed by atoms with Crippen molar-refractivity contribution in [3.05, 3.63) is 46.9 Å². The van der Waals surface area contributed by atoms with E-state index in [4.69, 9.17) is 4.74 Å². The molecule has 5 heteroatoms. The van der Waals surface area contributed by atoms with E-state index in [0.717, 1.165) is 0 Å². The van der Waals surface area contributed by atoms with Gasteiger partial charge < -0.3 is 10.1 Å². The van der Waals surface area contributed by atoms with Crippen LogP contribution in [0.15, 0.2) is 35.5 Å². The summed E-state index contributed by atoms with van der Waals surface area (Å²) in [6.45, 7) is 4.30. The topological polar surface area (TPSA) is 38.3 Å². The van der Waals surface area contributed by atoms with Crippen LogP contribution in [0.2, 0.25) is 0 Å². The minimum Gasteiger partial charge on any atom is -0.502 e. The fraction of sp³-hybridized carbons (Fsp3) is 0.250. The van der Waals surface area contributed by atoms with Crippen molar-refractivity contribution < 1.29 is 13.9 Å². The van der Waals surface area contributed by atoms with E-state index in [1.165, 1.54) is 18.4 Å². The smallest absolute Gasteiger partial charge is 0.255 e. The number of nitrogens with one attached hydrogen (secondary N) is 1. The van der Waals surface area contributed by atoms with Gasteiger partial charge in [0.25, 0.3) is 5.91 Å². The predicted octanol–water partition coefficient (Wildman–Crippen LogP) is 2.87. The van der Waals surface area contributed by atoms with Gasteiger partial charge in [-0.15, -0.1) is 0 Å². The highest BCUT2D eigenvalue weighted by atomic mass is 79.9. The van der Waals surface area contributed by atoms with Crippen molar-refractivity contribution in [2.24, 2.45) is 0 Å². The zero-order valence-electron chi connectivity index (χ0n) is 9.21. The number of hydrogen-bond acceptors (Lipinski definition) is 2. The van der Waals surface area contributed by atoms with Gasteiger partial charge in [-0.1, -0.05) is 12.6 Å². The van der Waals surface area contributed by atoms with Crippen molar-refractivity contribution >= 4 is 21.8 Å². The van der Waals surface area contributed by atoms with Gasteiger partial charge in [-0.2, -0.15) is 0 Å². The molecular formula is C12H13BrFNO2. The normalized spacial score (nSPS) is 9.76. The van der Waals surface area contributed by atoms with Gasteiger partial charge in [0.1, 0.15) is 5.82 Å². The van der Waals surface area contributed by atoms with Gasteiger partial charge in [-0.3, -0.25) is 4.79 Å². The maximum absolute atomic E-state index is 13.4. The zero-order valence-corrected chi connectivity index (χ0v) is 10.8. The highest BCUT2D eigenvalue weighted by Crippen LogP contribution is 2.19. The molecule has 0 spiro atoms. The molecule has 0 saturated heterocycles. The first-order valence-corrected chi connectivity index (χ1v) is 5.91. The number of rotatable bonds is 6. The second kappa shape index (κ2) is 7.06. The molecule has 0 unspecified atom stereocenters. The number of ether oxygens (including phenoxy) is 1. The molecule has 0 aromatic heterocycles. The van der Waals surface area contributed by atoms with Crippen LogP contribution in [-0.2, 0) is 4.74 Å². The van der Waals surface area contributed by atoms with Crippen LogP contribution in [0.1, 0.15) is 16.8 Å². The number of halogens is 2. The first-order chi connectivity index (χ1) is 8.16. The molecule has 1 aromatic carbocycles. The molecule has 0 fully saturated rings. The SMILES string of the molecule is C=COCCCNC(=O)c1c(F)cccc1Br. The van der Waals surface area contributed by atoms with Gasteiger partial charge in [0, 0.05) is 11.0 Å². The van der Waals surface area contributed by atoms with Crippen LogP contribution < -0.4 is 5.32 Å². The molecule has 1 amide bonds. The summed E-state index contributed by atoms with van der Waals surface area (Å²) in [5.74, 6) is -0.979. The Morgan fingerprint density at radius 3 is 3.00 bits per heavy atom. The summed E-state index contributed by atoms with van der Waals surface area (Å²) in [4.78, 5) is 11.7. The molecule has 17 heavy (non-hydrogen) atoms. The van der Waals surface area contributed by atoms with Crippen LogP contribution in [0.4, 0.5) is 4.39 Å². The monoisotopic (exact) mass is 301 g/mol. The third-order valence-electron chi connectivity index (χ3n) is 2.03. The first kappa shape index (κ1) is 13.7. The summed E-state index contributed by atoms with van der Waals surface area (Å²) in [6, 6.07) is 4.41. The van der Waals surface area contributed by atoms with E-state index in [9.17, 15) is 9.18 Å². The van der Waals surface area contributed by atoms with Gasteiger partial charge in [-0.25, -0.2) is 4.39 Å². The van der Waals surface area contributed by atoms with Crippen LogP contribution in [0.5, 0.6) is 0 Å². The maximum atomic E-state index is 13.4. The van der Waals surface area contributed by atoms with Crippen LogP contribution in [0, 0.1) is 5.82 Å². The third-order valence-corrected chi connectivity index (χ3v) is 2.69. The van der Waals surface area contributed by atoms with Crippen LogP contribution in [0.25, 0.3) is 0 Å². The minimum atomic E-state index is -0.542. The van der Waals surface area contributed by atoms with E-state index in [1.807, 2.05) is 0 Å². The van der Waals surface area contributed by atoms with Crippen LogP contribution >= 0.6 is 15.9 Å². The molecule has 92 valence electrons. The standard InChI is InChI=1S/C12H13BrFNO2/c1-2-17-8-4-7-15-12(16)11-9(13)5-3-6-10(11)14/h2-3,5-6H,1,4,7-8H2,(H,15,16). The Morgan fingerprint density at radius 2 is 2.35 bits per heavy atom. The average Bonchev–Trinajstić information content (AvgIpc) is 2.28. The van der Waals surface area contributed by atoms with Crippen molar-refractivity contribution in [2.75, 3.05) is 13.2 Å². The summed E-state index contributed by atoms with van der Waals surface area (Å²) in [7, 11) is 0. The average molecular weight is 302 g/mol. The van der Waals surface area contributed by atoms with Crippen LogP contribution in [-0.4, -0.2) is 19.1 Å². The number of carbonyl (C=O) groups excluding carboxylic acids is 1. The van der Waals surface area contributed by atoms with Gasteiger partial charge >= 0.3 is 0 Å². The second-order valence-corrected chi connectivity index (χ2v) is 4.10. The Kier molecular flexibility index (Phi) is 5.69. The van der Waals surface area contributed by atoms with E-state index < -0.39 is 11.7 Å². The first-order valence-electron chi connectivity index (χ1n) is 5.11. The largest absolute Gasteiger partial charge is 0.502 e. The lowest BCUT2D eigenvalue weighted by Gasteiger charge is -2.07. The summed E-state index contributed by atoms with van der Waals surface area (Å²) in [6.07, 6.45) is 1.99. The lowest BCUT2D eigenvalue weighted by atomic mass is 10.2. The lowest BCUT2D eigenvalue weighted by molar-refractivity contribution is 0.0945. The van der Waals surface area contributed by atoms with E-state index in [-0.39, 0.29) is 5.56 Å². The fourth-order valence-electron chi connectivity index (χ4n) is 1.24. The fourth-order valence-corrected chi connectivity index (χ4v) is 1.77. The second-order valence-electron chi connectivity index (χ2n) is 3.24. The number of carbonyl (C=O) groups is 1. The summed E-state index contributed by atoms with van der Waals surface area (Å²) in [5, 5.41) is 2.62. The lowest BCUT2D eigenvalue weighted by Crippen LogP contribution is -2.26. The van der Waals surface area contributed by atoms with Crippen molar-refractivity contribution in [1.82, 2.24) is 5.32 Å². The Labute approximate surface area is 108 Å². The molecule has 3 nitrogen and oxygen atoms in total. The van der Waals surface area contributed by atoms with E-state index in [0.29, 0.717) is 24.0 Å². The minimum absolute atomic E-state index is 0.0251. The molecule has 1 aromatic rings. The maximum Gasteiger partial charge on any atom is 0.255 e. The highest BCUT2D eigenvalue weighted by molar-refractivity contribution is 9.10. The molecule has 0 saturated carbocycles. The number of hydrogen-bond donors (Lipinski definition) is 1. The van der Waals surface area contributed by atoms with E-state index in [2.05, 4.69) is 27.8 Å². The quantitative estimate of drug-likeness (QED) is 0.648. The van der Waals surface area contributed by atoms with Crippen molar-refractivity contribution in [1.29, 1.82) is 0 Å². The molecule has 0 aliphatic rings. The van der Waals surface area contributed by atoms with E-state index in [1.54, 1.807) is 6.07 Å². The predicted molar refractivity (Wildman–Crippen MR) is 67.2 cm³/mol. The Hall–Kier alpha value is -1.36. The van der Waals surface area contributed by atoms with Gasteiger partial charge in [0.2, 0.25) is 0 Å². The zero-order chi connectivity index (χ0) is 12.7. The van der Waals surface area contributed by atoms with Gasteiger partial charge in [-0.05, 0) is 34.5 Å². The Bertz CT molecular complexity index is 389. The van der Waals surface area contributed by atoms with Crippen molar-refractivity contribution in [3.63, 3.8) is 0 Å².